The Bertz CT molecular complexity index is 1850. The van der Waals surface area contributed by atoms with Crippen LogP contribution in [0, 0.1) is 0 Å². The van der Waals surface area contributed by atoms with E-state index in [1.165, 1.54) is 238 Å². The molecule has 0 radical (unpaired) electrons. The molecule has 0 aromatic rings. The van der Waals surface area contributed by atoms with E-state index in [-0.39, 0.29) is 32.2 Å². The first-order valence-corrected chi connectivity index (χ1v) is 39.4. The van der Waals surface area contributed by atoms with Crippen LogP contribution in [0.25, 0.3) is 0 Å². The number of ether oxygens (including phenoxy) is 4. The van der Waals surface area contributed by atoms with Crippen LogP contribution >= 0.6 is 0 Å². The number of aliphatic carboxylic acids is 1. The van der Waals surface area contributed by atoms with Crippen molar-refractivity contribution in [2.24, 2.45) is 0 Å². The summed E-state index contributed by atoms with van der Waals surface area (Å²) in [6.07, 6.45) is 99.6. The highest BCUT2D eigenvalue weighted by Gasteiger charge is 2.22. The standard InChI is InChI=1S/C84H149NO8/c1-6-8-10-12-14-16-18-20-22-24-26-28-30-32-34-36-38-39-40-41-42-43-45-46-48-50-52-54-56-58-60-62-64-66-68-70-72-74-81(86)91-78-80(79-92-84(83(88)89)90-77-76-85(3,4)5)93-82(87)75-73-71-69-67-65-63-61-59-57-55-53-51-49-47-44-37-35-33-31-29-27-25-23-21-19-17-15-13-11-9-7-2/h9,11,15,17,21,23-24,26-27,29,33,35,44,47,51,53,80,84H,6-8,10,12-14,16,18-20,22,25,28,30-32,34,36-43,45-46,48-50,52,54-79H2,1-5H3/b11-9-,17-15-,23-21-,26-24-,29-27-,35-33-,47-44-,53-51-. The SMILES string of the molecule is CC/C=C\C/C=C\C/C=C\C/C=C\C/C=C\C/C=C\C/C=C\CCCCCCCCCCCC(=O)OC(COC(=O)CCCCCCCCCCCCCCCCCCCCCCCCCCC/C=C\CCCCCCCCCC)COC(OCC[N+](C)(C)C)C(=O)[O-]. The number of rotatable bonds is 73. The Morgan fingerprint density at radius 1 is 0.333 bits per heavy atom. The molecule has 0 aliphatic heterocycles. The lowest BCUT2D eigenvalue weighted by Crippen LogP contribution is -2.44. The molecule has 0 aliphatic carbocycles. The highest BCUT2D eigenvalue weighted by Crippen LogP contribution is 2.19. The largest absolute Gasteiger partial charge is 0.545 e. The molecule has 0 amide bonds. The van der Waals surface area contributed by atoms with Crippen molar-refractivity contribution in [3.63, 3.8) is 0 Å². The summed E-state index contributed by atoms with van der Waals surface area (Å²) in [4.78, 5) is 37.6. The van der Waals surface area contributed by atoms with Gasteiger partial charge in [0.1, 0.15) is 13.2 Å². The van der Waals surface area contributed by atoms with Gasteiger partial charge in [-0.1, -0.05) is 349 Å². The minimum absolute atomic E-state index is 0.144. The van der Waals surface area contributed by atoms with Gasteiger partial charge in [-0.2, -0.15) is 0 Å². The number of carbonyl (C=O) groups excluding carboxylic acids is 3. The lowest BCUT2D eigenvalue weighted by Gasteiger charge is -2.26. The minimum Gasteiger partial charge on any atom is -0.545 e. The van der Waals surface area contributed by atoms with E-state index in [1.54, 1.807) is 0 Å². The van der Waals surface area contributed by atoms with Crippen molar-refractivity contribution in [3.05, 3.63) is 97.2 Å². The molecule has 0 rings (SSSR count). The van der Waals surface area contributed by atoms with Crippen LogP contribution in [0.15, 0.2) is 97.2 Å². The average Bonchev–Trinajstić information content (AvgIpc) is 3.38. The molecular weight excluding hydrogens is 1150 g/mol. The molecule has 93 heavy (non-hydrogen) atoms. The highest BCUT2D eigenvalue weighted by molar-refractivity contribution is 5.70. The second-order valence-electron chi connectivity index (χ2n) is 27.6. The number of carboxylic acid groups (broad SMARTS) is 1. The van der Waals surface area contributed by atoms with E-state index in [9.17, 15) is 19.5 Å². The Balaban J connectivity index is 4.03. The zero-order valence-electron chi connectivity index (χ0n) is 61.6. The third kappa shape index (κ3) is 75.5. The topological polar surface area (TPSA) is 111 Å². The Morgan fingerprint density at radius 2 is 0.613 bits per heavy atom. The van der Waals surface area contributed by atoms with Gasteiger partial charge in [-0.05, 0) is 96.3 Å². The lowest BCUT2D eigenvalue weighted by atomic mass is 10.0. The minimum atomic E-state index is -1.63. The maximum absolute atomic E-state index is 13.0. The van der Waals surface area contributed by atoms with Crippen molar-refractivity contribution in [1.29, 1.82) is 0 Å². The number of nitrogens with zero attached hydrogens (tertiary/aromatic N) is 1. The van der Waals surface area contributed by atoms with Gasteiger partial charge in [-0.25, -0.2) is 0 Å². The van der Waals surface area contributed by atoms with E-state index in [0.717, 1.165) is 89.9 Å². The van der Waals surface area contributed by atoms with Gasteiger partial charge < -0.3 is 33.3 Å². The molecule has 0 saturated heterocycles. The first-order chi connectivity index (χ1) is 45.6. The zero-order valence-corrected chi connectivity index (χ0v) is 61.6. The molecule has 538 valence electrons. The van der Waals surface area contributed by atoms with E-state index in [1.807, 2.05) is 21.1 Å². The Kier molecular flexibility index (Phi) is 71.0. The van der Waals surface area contributed by atoms with E-state index >= 15 is 0 Å². The average molecular weight is 1300 g/mol. The maximum Gasteiger partial charge on any atom is 0.306 e. The van der Waals surface area contributed by atoms with Crippen molar-refractivity contribution in [3.8, 4) is 0 Å². The number of hydrogen-bond donors (Lipinski definition) is 0. The Labute approximate surface area is 575 Å². The van der Waals surface area contributed by atoms with E-state index < -0.39 is 24.3 Å². The van der Waals surface area contributed by atoms with Crippen LogP contribution in [0.3, 0.4) is 0 Å². The lowest BCUT2D eigenvalue weighted by molar-refractivity contribution is -0.870. The van der Waals surface area contributed by atoms with Crippen molar-refractivity contribution in [2.75, 3.05) is 47.5 Å². The number of carbonyl (C=O) groups is 3. The first-order valence-electron chi connectivity index (χ1n) is 39.4. The fourth-order valence-corrected chi connectivity index (χ4v) is 11.3. The van der Waals surface area contributed by atoms with Crippen LogP contribution in [-0.2, 0) is 33.3 Å². The summed E-state index contributed by atoms with van der Waals surface area (Å²) in [6, 6.07) is 0. The predicted molar refractivity (Wildman–Crippen MR) is 398 cm³/mol. The smallest absolute Gasteiger partial charge is 0.306 e. The molecule has 0 aromatic heterocycles. The van der Waals surface area contributed by atoms with Crippen LogP contribution in [0.2, 0.25) is 0 Å². The molecule has 2 unspecified atom stereocenters. The van der Waals surface area contributed by atoms with Gasteiger partial charge in [-0.15, -0.1) is 0 Å². The van der Waals surface area contributed by atoms with Gasteiger partial charge in [0.05, 0.1) is 40.3 Å². The molecular formula is C84H149NO8. The number of esters is 2. The van der Waals surface area contributed by atoms with Gasteiger partial charge in [-0.3, -0.25) is 9.59 Å². The van der Waals surface area contributed by atoms with Crippen LogP contribution in [0.1, 0.15) is 361 Å². The third-order valence-electron chi connectivity index (χ3n) is 17.3. The molecule has 0 saturated carbocycles. The Hall–Kier alpha value is -3.79. The number of quaternary nitrogens is 1. The quantitative estimate of drug-likeness (QED) is 0.0195. The number of allylic oxidation sites excluding steroid dienone is 16. The fourth-order valence-electron chi connectivity index (χ4n) is 11.3. The molecule has 0 aliphatic rings. The number of hydrogen-bond acceptors (Lipinski definition) is 8. The molecule has 0 N–H and O–H groups in total. The van der Waals surface area contributed by atoms with Crippen LogP contribution in [-0.4, -0.2) is 82.3 Å². The summed E-state index contributed by atoms with van der Waals surface area (Å²) in [5, 5.41) is 11.9. The van der Waals surface area contributed by atoms with Gasteiger partial charge in [0.2, 0.25) is 0 Å². The first kappa shape index (κ1) is 89.2. The van der Waals surface area contributed by atoms with E-state index in [4.69, 9.17) is 18.9 Å². The summed E-state index contributed by atoms with van der Waals surface area (Å²) in [5.74, 6) is -2.28. The van der Waals surface area contributed by atoms with Gasteiger partial charge in [0, 0.05) is 12.8 Å². The van der Waals surface area contributed by atoms with Gasteiger partial charge >= 0.3 is 11.9 Å². The molecule has 0 spiro atoms. The molecule has 0 heterocycles. The summed E-state index contributed by atoms with van der Waals surface area (Å²) in [5.41, 5.74) is 0. The second-order valence-corrected chi connectivity index (χ2v) is 27.6. The summed E-state index contributed by atoms with van der Waals surface area (Å²) >= 11 is 0. The molecule has 0 aromatic carbocycles. The molecule has 0 bridgehead atoms. The summed E-state index contributed by atoms with van der Waals surface area (Å²) < 4.78 is 22.8. The van der Waals surface area contributed by atoms with Crippen molar-refractivity contribution in [2.45, 2.75) is 373 Å². The number of unbranched alkanes of at least 4 members (excludes halogenated alkanes) is 42. The Morgan fingerprint density at radius 3 is 0.925 bits per heavy atom. The normalized spacial score (nSPS) is 13.2. The fraction of sp³-hybridized carbons (Fsp3) is 0.774. The maximum atomic E-state index is 13.0. The number of likely N-dealkylation sites (N-methyl/N-ethyl adjacent to an activating group) is 1. The van der Waals surface area contributed by atoms with Gasteiger partial charge in [0.15, 0.2) is 12.4 Å². The zero-order chi connectivity index (χ0) is 67.5. The molecule has 2 atom stereocenters. The number of carboxylic acids is 1. The highest BCUT2D eigenvalue weighted by atomic mass is 16.7. The monoisotopic (exact) mass is 1300 g/mol. The van der Waals surface area contributed by atoms with Crippen molar-refractivity contribution >= 4 is 17.9 Å². The molecule has 0 fully saturated rings. The second kappa shape index (κ2) is 74.0. The van der Waals surface area contributed by atoms with E-state index in [0.29, 0.717) is 23.9 Å². The summed E-state index contributed by atoms with van der Waals surface area (Å²) in [7, 11) is 5.94. The van der Waals surface area contributed by atoms with Crippen LogP contribution in [0.4, 0.5) is 0 Å². The third-order valence-corrected chi connectivity index (χ3v) is 17.3. The van der Waals surface area contributed by atoms with Crippen LogP contribution < -0.4 is 5.11 Å². The molecule has 9 heteroatoms. The van der Waals surface area contributed by atoms with Crippen molar-refractivity contribution < 1.29 is 42.9 Å². The molecule has 9 nitrogen and oxygen atoms in total. The summed E-state index contributed by atoms with van der Waals surface area (Å²) in [6.45, 7) is 4.67. The van der Waals surface area contributed by atoms with Crippen LogP contribution in [0.5, 0.6) is 0 Å². The van der Waals surface area contributed by atoms with Gasteiger partial charge in [0.25, 0.3) is 0 Å². The predicted octanol–water partition coefficient (Wildman–Crippen LogP) is 23.8. The van der Waals surface area contributed by atoms with E-state index in [2.05, 4.69) is 111 Å². The van der Waals surface area contributed by atoms with Crippen molar-refractivity contribution in [1.82, 2.24) is 0 Å².